The fourth-order valence-electron chi connectivity index (χ4n) is 0.486. The van der Waals surface area contributed by atoms with Crippen molar-refractivity contribution in [2.24, 2.45) is 0 Å². The van der Waals surface area contributed by atoms with Crippen LogP contribution in [0.1, 0.15) is 0 Å². The average Bonchev–Trinajstić information content (AvgIpc) is 1.90. The van der Waals surface area contributed by atoms with E-state index in [9.17, 15) is 4.53 Å². The number of rotatable bonds is 1. The molecule has 1 aromatic carbocycles. The molecule has 0 N–H and O–H groups in total. The van der Waals surface area contributed by atoms with Crippen molar-refractivity contribution in [2.75, 3.05) is 0 Å². The molecule has 3 heteroatoms. The van der Waals surface area contributed by atoms with E-state index in [1.54, 1.807) is 12.1 Å². The van der Waals surface area contributed by atoms with Gasteiger partial charge in [-0.15, -0.1) is 0 Å². The van der Waals surface area contributed by atoms with Crippen LogP contribution in [0.15, 0.2) is 28.7 Å². The van der Waals surface area contributed by atoms with Crippen LogP contribution in [-0.2, 0) is 0 Å². The second kappa shape index (κ2) is 2.82. The van der Waals surface area contributed by atoms with E-state index in [0.29, 0.717) is 0 Å². The zero-order chi connectivity index (χ0) is 6.69. The Balaban J connectivity index is 2.88. The third-order valence-electron chi connectivity index (χ3n) is 0.903. The van der Waals surface area contributed by atoms with Crippen molar-refractivity contribution in [1.82, 2.24) is 0 Å². The number of halogens is 2. The van der Waals surface area contributed by atoms with Crippen LogP contribution in [0.3, 0.4) is 0 Å². The van der Waals surface area contributed by atoms with Crippen molar-refractivity contribution in [3.8, 4) is 5.75 Å². The molecule has 0 atom stereocenters. The highest BCUT2D eigenvalue weighted by Gasteiger charge is 1.89. The lowest BCUT2D eigenvalue weighted by atomic mass is 10.3. The lowest BCUT2D eigenvalue weighted by Crippen LogP contribution is -1.73. The summed E-state index contributed by atoms with van der Waals surface area (Å²) in [6, 6.07) is 6.47. The summed E-state index contributed by atoms with van der Waals surface area (Å²) in [5.41, 5.74) is 0. The molecule has 0 aromatic heterocycles. The van der Waals surface area contributed by atoms with Gasteiger partial charge in [0.25, 0.3) is 0 Å². The van der Waals surface area contributed by atoms with Crippen molar-refractivity contribution in [3.63, 3.8) is 0 Å². The molecule has 0 heterocycles. The van der Waals surface area contributed by atoms with Gasteiger partial charge in [0.15, 0.2) is 5.75 Å². The van der Waals surface area contributed by atoms with Crippen molar-refractivity contribution in [1.29, 1.82) is 0 Å². The normalized spacial score (nSPS) is 9.11. The Kier molecular flexibility index (Phi) is 2.05. The van der Waals surface area contributed by atoms with Gasteiger partial charge < -0.3 is 0 Å². The molecule has 0 unspecified atom stereocenters. The highest BCUT2D eigenvalue weighted by Crippen LogP contribution is 2.15. The number of hydrogen-bond acceptors (Lipinski definition) is 1. The molecule has 0 saturated heterocycles. The van der Waals surface area contributed by atoms with Crippen molar-refractivity contribution in [3.05, 3.63) is 28.7 Å². The molecule has 1 nitrogen and oxygen atoms in total. The summed E-state index contributed by atoms with van der Waals surface area (Å²) in [4.78, 5) is 3.45. The first kappa shape index (κ1) is 6.55. The van der Waals surface area contributed by atoms with E-state index in [1.165, 1.54) is 12.1 Å². The molecule has 48 valence electrons. The molecule has 0 spiro atoms. The second-order valence-corrected chi connectivity index (χ2v) is 2.45. The minimum absolute atomic E-state index is 0.221. The van der Waals surface area contributed by atoms with E-state index in [1.807, 2.05) is 0 Å². The first-order chi connectivity index (χ1) is 4.33. The van der Waals surface area contributed by atoms with Gasteiger partial charge >= 0.3 is 0 Å². The van der Waals surface area contributed by atoms with Crippen LogP contribution in [0.4, 0.5) is 4.53 Å². The molecule has 0 amide bonds. The van der Waals surface area contributed by atoms with Gasteiger partial charge in [-0.2, -0.15) is 0 Å². The van der Waals surface area contributed by atoms with Crippen LogP contribution < -0.4 is 4.94 Å². The molecule has 0 saturated carbocycles. The molecule has 9 heavy (non-hydrogen) atoms. The number of hydrogen-bond donors (Lipinski definition) is 0. The Morgan fingerprint density at radius 2 is 1.78 bits per heavy atom. The summed E-state index contributed by atoms with van der Waals surface area (Å²) < 4.78 is 12.2. The Labute approximate surface area is 60.5 Å². The zero-order valence-corrected chi connectivity index (χ0v) is 6.06. The monoisotopic (exact) mass is 190 g/mol. The lowest BCUT2D eigenvalue weighted by Gasteiger charge is -1.90. The van der Waals surface area contributed by atoms with Crippen LogP contribution in [-0.4, -0.2) is 0 Å². The van der Waals surface area contributed by atoms with Crippen LogP contribution >= 0.6 is 15.9 Å². The Morgan fingerprint density at radius 1 is 1.22 bits per heavy atom. The molecule has 1 rings (SSSR count). The van der Waals surface area contributed by atoms with Gasteiger partial charge in [0.05, 0.1) is 0 Å². The van der Waals surface area contributed by atoms with Gasteiger partial charge in [-0.05, 0) is 24.3 Å². The third kappa shape index (κ3) is 1.68. The molecule has 0 fully saturated rings. The van der Waals surface area contributed by atoms with Gasteiger partial charge in [-0.25, -0.2) is 0 Å². The Hall–Kier alpha value is -0.570. The quantitative estimate of drug-likeness (QED) is 0.662. The highest BCUT2D eigenvalue weighted by molar-refractivity contribution is 9.10. The maximum atomic E-state index is 11.3. The summed E-state index contributed by atoms with van der Waals surface area (Å²) in [7, 11) is 0. The molecule has 0 aliphatic heterocycles. The molecule has 0 radical (unpaired) electrons. The molecule has 0 aliphatic rings. The fourth-order valence-corrected chi connectivity index (χ4v) is 0.750. The largest absolute Gasteiger partial charge is 0.294 e. The Bertz CT molecular complexity index is 185. The van der Waals surface area contributed by atoms with E-state index in [-0.39, 0.29) is 5.75 Å². The standard InChI is InChI=1S/C6H4BrFO/c7-5-1-3-6(9-8)4-2-5/h1-4H. The van der Waals surface area contributed by atoms with Crippen LogP contribution in [0.2, 0.25) is 0 Å². The maximum Gasteiger partial charge on any atom is 0.171 e. The third-order valence-corrected chi connectivity index (χ3v) is 1.43. The smallest absolute Gasteiger partial charge is 0.171 e. The second-order valence-electron chi connectivity index (χ2n) is 1.53. The van der Waals surface area contributed by atoms with Crippen molar-refractivity contribution >= 4 is 15.9 Å². The van der Waals surface area contributed by atoms with Crippen LogP contribution in [0.5, 0.6) is 5.75 Å². The first-order valence-corrected chi connectivity index (χ1v) is 3.16. The molecule has 1 aromatic rings. The van der Waals surface area contributed by atoms with E-state index in [4.69, 9.17) is 0 Å². The summed E-state index contributed by atoms with van der Waals surface area (Å²) in [6.45, 7) is 0. The molecular weight excluding hydrogens is 187 g/mol. The fraction of sp³-hybridized carbons (Fsp3) is 0. The minimum Gasteiger partial charge on any atom is -0.294 e. The Morgan fingerprint density at radius 3 is 2.22 bits per heavy atom. The maximum absolute atomic E-state index is 11.3. The van der Waals surface area contributed by atoms with Crippen molar-refractivity contribution in [2.45, 2.75) is 0 Å². The average molecular weight is 191 g/mol. The summed E-state index contributed by atoms with van der Waals surface area (Å²) in [5.74, 6) is 0.221. The molecule has 0 bridgehead atoms. The minimum atomic E-state index is 0.221. The number of benzene rings is 1. The SMILES string of the molecule is FOc1ccc(Br)cc1. The van der Waals surface area contributed by atoms with Gasteiger partial charge in [-0.3, -0.25) is 4.94 Å². The van der Waals surface area contributed by atoms with Gasteiger partial charge in [-0.1, -0.05) is 15.9 Å². The summed E-state index contributed by atoms with van der Waals surface area (Å²) in [6.07, 6.45) is 0. The summed E-state index contributed by atoms with van der Waals surface area (Å²) in [5, 5.41) is 0. The van der Waals surface area contributed by atoms with E-state index in [0.717, 1.165) is 4.47 Å². The van der Waals surface area contributed by atoms with Gasteiger partial charge in [0.2, 0.25) is 0 Å². The predicted octanol–water partition coefficient (Wildman–Crippen LogP) is 2.71. The van der Waals surface area contributed by atoms with E-state index < -0.39 is 0 Å². The first-order valence-electron chi connectivity index (χ1n) is 2.37. The zero-order valence-electron chi connectivity index (χ0n) is 4.47. The molecular formula is C6H4BrFO. The van der Waals surface area contributed by atoms with Crippen molar-refractivity contribution < 1.29 is 9.47 Å². The van der Waals surface area contributed by atoms with Gasteiger partial charge in [0, 0.05) is 9.00 Å². The van der Waals surface area contributed by atoms with Crippen LogP contribution in [0.25, 0.3) is 0 Å². The lowest BCUT2D eigenvalue weighted by molar-refractivity contribution is -0.00621. The topological polar surface area (TPSA) is 9.23 Å². The highest BCUT2D eigenvalue weighted by atomic mass is 79.9. The van der Waals surface area contributed by atoms with E-state index >= 15 is 0 Å². The molecule has 0 aliphatic carbocycles. The summed E-state index contributed by atoms with van der Waals surface area (Å²) >= 11 is 3.20. The van der Waals surface area contributed by atoms with E-state index in [2.05, 4.69) is 20.9 Å². The predicted molar refractivity (Wildman–Crippen MR) is 35.9 cm³/mol. The van der Waals surface area contributed by atoms with Gasteiger partial charge in [0.1, 0.15) is 0 Å². The van der Waals surface area contributed by atoms with Crippen LogP contribution in [0, 0.1) is 0 Å².